The summed E-state index contributed by atoms with van der Waals surface area (Å²) in [6.45, 7) is 0. The smallest absolute Gasteiger partial charge is 0.204 e. The van der Waals surface area contributed by atoms with Crippen LogP contribution in [0.1, 0.15) is 5.56 Å². The second kappa shape index (κ2) is 3.25. The molecule has 0 aliphatic carbocycles. The van der Waals surface area contributed by atoms with E-state index < -0.39 is 0 Å². The van der Waals surface area contributed by atoms with E-state index in [2.05, 4.69) is 20.6 Å². The number of nitrogens with one attached hydrogen (secondary N) is 2. The molecule has 2 rings (SSSR count). The lowest BCUT2D eigenvalue weighted by atomic mass is 10.1. The van der Waals surface area contributed by atoms with Crippen molar-refractivity contribution in [3.63, 3.8) is 0 Å². The van der Waals surface area contributed by atoms with Crippen LogP contribution in [0.4, 0.5) is 0 Å². The van der Waals surface area contributed by atoms with Crippen LogP contribution in [0, 0.1) is 5.41 Å². The lowest BCUT2D eigenvalue weighted by molar-refractivity contribution is 0.881. The second-order valence-corrected chi connectivity index (χ2v) is 2.73. The van der Waals surface area contributed by atoms with Gasteiger partial charge in [-0.25, -0.2) is 0 Å². The minimum Gasteiger partial charge on any atom is -0.384 e. The number of aromatic nitrogens is 4. The van der Waals surface area contributed by atoms with Gasteiger partial charge in [0.15, 0.2) is 0 Å². The molecule has 0 saturated carbocycles. The van der Waals surface area contributed by atoms with Crippen molar-refractivity contribution in [3.05, 3.63) is 29.8 Å². The molecule has 0 aliphatic rings. The van der Waals surface area contributed by atoms with Crippen LogP contribution in [-0.4, -0.2) is 26.5 Å². The number of aromatic amines is 1. The topological polar surface area (TPSA) is 104 Å². The zero-order valence-corrected chi connectivity index (χ0v) is 7.23. The van der Waals surface area contributed by atoms with Crippen LogP contribution in [-0.2, 0) is 0 Å². The van der Waals surface area contributed by atoms with Crippen molar-refractivity contribution in [1.29, 1.82) is 5.41 Å². The molecule has 0 amide bonds. The molecule has 0 bridgehead atoms. The van der Waals surface area contributed by atoms with Crippen LogP contribution in [0.25, 0.3) is 11.4 Å². The molecule has 14 heavy (non-hydrogen) atoms. The number of H-pyrrole nitrogens is 1. The molecule has 0 saturated heterocycles. The first-order chi connectivity index (χ1) is 6.77. The third kappa shape index (κ3) is 1.45. The Morgan fingerprint density at radius 2 is 2.29 bits per heavy atom. The van der Waals surface area contributed by atoms with Crippen LogP contribution in [0.15, 0.2) is 24.3 Å². The summed E-state index contributed by atoms with van der Waals surface area (Å²) in [4.78, 5) is 0. The number of nitrogens with two attached hydrogens (primary N) is 1. The molecule has 70 valence electrons. The molecule has 1 aromatic heterocycles. The Morgan fingerprint density at radius 1 is 1.43 bits per heavy atom. The van der Waals surface area contributed by atoms with E-state index in [0.717, 1.165) is 5.56 Å². The Kier molecular flexibility index (Phi) is 1.94. The van der Waals surface area contributed by atoms with Gasteiger partial charge in [-0.3, -0.25) is 5.41 Å². The minimum absolute atomic E-state index is 0.0235. The Hall–Kier alpha value is -2.24. The van der Waals surface area contributed by atoms with E-state index in [9.17, 15) is 0 Å². The number of amidine groups is 1. The molecule has 6 nitrogen and oxygen atoms in total. The molecule has 6 heteroatoms. The average molecular weight is 188 g/mol. The third-order valence-corrected chi connectivity index (χ3v) is 1.78. The summed E-state index contributed by atoms with van der Waals surface area (Å²) in [5.74, 6) is 0.517. The van der Waals surface area contributed by atoms with Crippen molar-refractivity contribution in [3.8, 4) is 11.4 Å². The first-order valence-electron chi connectivity index (χ1n) is 3.95. The molecule has 0 aliphatic heterocycles. The predicted octanol–water partition coefficient (Wildman–Crippen LogP) is 0.151. The molecular formula is C8H8N6. The quantitative estimate of drug-likeness (QED) is 0.461. The maximum absolute atomic E-state index is 7.27. The molecule has 0 spiro atoms. The van der Waals surface area contributed by atoms with Gasteiger partial charge in [0.2, 0.25) is 5.82 Å². The van der Waals surface area contributed by atoms with Gasteiger partial charge in [-0.2, -0.15) is 5.21 Å². The summed E-state index contributed by atoms with van der Waals surface area (Å²) < 4.78 is 0. The molecule has 1 heterocycles. The van der Waals surface area contributed by atoms with Gasteiger partial charge in [-0.05, 0) is 11.3 Å². The second-order valence-electron chi connectivity index (χ2n) is 2.73. The Balaban J connectivity index is 2.46. The highest BCUT2D eigenvalue weighted by Gasteiger charge is 2.04. The number of hydrogen-bond donors (Lipinski definition) is 3. The maximum atomic E-state index is 7.27. The molecule has 4 N–H and O–H groups in total. The highest BCUT2D eigenvalue weighted by atomic mass is 15.5. The molecule has 0 radical (unpaired) electrons. The van der Waals surface area contributed by atoms with Gasteiger partial charge in [0, 0.05) is 11.1 Å². The highest BCUT2D eigenvalue weighted by Crippen LogP contribution is 2.14. The summed E-state index contributed by atoms with van der Waals surface area (Å²) in [5.41, 5.74) is 6.78. The summed E-state index contributed by atoms with van der Waals surface area (Å²) >= 11 is 0. The molecule has 0 unspecified atom stereocenters. The number of nitrogens with zero attached hydrogens (tertiary/aromatic N) is 3. The first-order valence-corrected chi connectivity index (χ1v) is 3.95. The average Bonchev–Trinajstić information content (AvgIpc) is 2.71. The number of nitrogen functional groups attached to an aromatic ring is 1. The SMILES string of the molecule is N=C(N)c1cccc(-c2nn[nH]n2)c1. The number of rotatable bonds is 2. The van der Waals surface area contributed by atoms with Gasteiger partial charge in [-0.15, -0.1) is 10.2 Å². The Morgan fingerprint density at radius 3 is 2.93 bits per heavy atom. The van der Waals surface area contributed by atoms with Gasteiger partial charge in [0.05, 0.1) is 0 Å². The van der Waals surface area contributed by atoms with Crippen LogP contribution in [0.2, 0.25) is 0 Å². The van der Waals surface area contributed by atoms with E-state index in [1.54, 1.807) is 18.2 Å². The predicted molar refractivity (Wildman–Crippen MR) is 50.6 cm³/mol. The number of tetrazole rings is 1. The van der Waals surface area contributed by atoms with E-state index >= 15 is 0 Å². The van der Waals surface area contributed by atoms with E-state index in [1.807, 2.05) is 6.07 Å². The summed E-state index contributed by atoms with van der Waals surface area (Å²) in [6, 6.07) is 7.12. The van der Waals surface area contributed by atoms with Crippen molar-refractivity contribution >= 4 is 5.84 Å². The van der Waals surface area contributed by atoms with E-state index in [-0.39, 0.29) is 5.84 Å². The zero-order valence-electron chi connectivity index (χ0n) is 7.23. The van der Waals surface area contributed by atoms with Crippen molar-refractivity contribution in [2.24, 2.45) is 5.73 Å². The van der Waals surface area contributed by atoms with Crippen LogP contribution in [0.3, 0.4) is 0 Å². The van der Waals surface area contributed by atoms with Crippen LogP contribution in [0.5, 0.6) is 0 Å². The fraction of sp³-hybridized carbons (Fsp3) is 0. The van der Waals surface area contributed by atoms with Gasteiger partial charge < -0.3 is 5.73 Å². The van der Waals surface area contributed by atoms with Crippen molar-refractivity contribution in [2.45, 2.75) is 0 Å². The third-order valence-electron chi connectivity index (χ3n) is 1.78. The van der Waals surface area contributed by atoms with Crippen molar-refractivity contribution in [1.82, 2.24) is 20.6 Å². The van der Waals surface area contributed by atoms with Crippen molar-refractivity contribution < 1.29 is 0 Å². The van der Waals surface area contributed by atoms with Gasteiger partial charge in [0.25, 0.3) is 0 Å². The molecule has 2 aromatic rings. The van der Waals surface area contributed by atoms with Gasteiger partial charge in [-0.1, -0.05) is 18.2 Å². The summed E-state index contributed by atoms with van der Waals surface area (Å²) in [5, 5.41) is 20.7. The lowest BCUT2D eigenvalue weighted by Gasteiger charge is -1.99. The Bertz CT molecular complexity index is 447. The normalized spacial score (nSPS) is 10.0. The lowest BCUT2D eigenvalue weighted by Crippen LogP contribution is -2.10. The maximum Gasteiger partial charge on any atom is 0.204 e. The zero-order chi connectivity index (χ0) is 9.97. The van der Waals surface area contributed by atoms with Crippen molar-refractivity contribution in [2.75, 3.05) is 0 Å². The van der Waals surface area contributed by atoms with E-state index in [4.69, 9.17) is 11.1 Å². The molecule has 0 fully saturated rings. The molecular weight excluding hydrogens is 180 g/mol. The van der Waals surface area contributed by atoms with E-state index in [0.29, 0.717) is 11.4 Å². The van der Waals surface area contributed by atoms with Crippen LogP contribution >= 0.6 is 0 Å². The molecule has 0 atom stereocenters. The standard InChI is InChI=1S/C8H8N6/c9-7(10)5-2-1-3-6(4-5)8-11-13-14-12-8/h1-4H,(H3,9,10)(H,11,12,13,14). The summed E-state index contributed by atoms with van der Waals surface area (Å²) in [6.07, 6.45) is 0. The van der Waals surface area contributed by atoms with Crippen LogP contribution < -0.4 is 5.73 Å². The number of benzene rings is 1. The Labute approximate surface area is 79.7 Å². The minimum atomic E-state index is 0.0235. The fourth-order valence-electron chi connectivity index (χ4n) is 1.11. The fourth-order valence-corrected chi connectivity index (χ4v) is 1.11. The summed E-state index contributed by atoms with van der Waals surface area (Å²) in [7, 11) is 0. The largest absolute Gasteiger partial charge is 0.384 e. The van der Waals surface area contributed by atoms with Gasteiger partial charge >= 0.3 is 0 Å². The highest BCUT2D eigenvalue weighted by molar-refractivity contribution is 5.95. The monoisotopic (exact) mass is 188 g/mol. The molecule has 1 aromatic carbocycles. The first kappa shape index (κ1) is 8.36. The number of hydrogen-bond acceptors (Lipinski definition) is 4. The van der Waals surface area contributed by atoms with E-state index in [1.165, 1.54) is 0 Å². The van der Waals surface area contributed by atoms with Gasteiger partial charge in [0.1, 0.15) is 5.84 Å².